The molecule has 1 aromatic heterocycles. The van der Waals surface area contributed by atoms with Gasteiger partial charge in [-0.3, -0.25) is 9.59 Å². The fraction of sp³-hybridized carbons (Fsp3) is 0.222. The number of halogens is 1. The van der Waals surface area contributed by atoms with Gasteiger partial charge in [0.25, 0.3) is 0 Å². The van der Waals surface area contributed by atoms with Gasteiger partial charge in [0.1, 0.15) is 17.5 Å². The Morgan fingerprint density at radius 3 is 2.69 bits per heavy atom. The number of benzene rings is 1. The molecule has 0 unspecified atom stereocenters. The number of carboxylic acid groups (broad SMARTS) is 1. The number of carbonyl (C=O) groups is 2. The Hall–Kier alpha value is -3.11. The molecule has 2 rings (SSSR count). The number of ether oxygens (including phenoxy) is 1. The first-order valence-electron chi connectivity index (χ1n) is 7.56. The van der Waals surface area contributed by atoms with Crippen LogP contribution in [0, 0.1) is 11.3 Å². The SMILES string of the molecule is COc1cccc(Cl)c1Cc1cc(C#N)c(O)c(C(=O)CCC(=O)O)n1. The van der Waals surface area contributed by atoms with Crippen LogP contribution in [0.15, 0.2) is 24.3 Å². The molecule has 0 saturated carbocycles. The second-order valence-corrected chi connectivity index (χ2v) is 5.79. The van der Waals surface area contributed by atoms with Crippen LogP contribution in [0.2, 0.25) is 5.02 Å². The summed E-state index contributed by atoms with van der Waals surface area (Å²) in [7, 11) is 1.49. The van der Waals surface area contributed by atoms with Gasteiger partial charge in [-0.2, -0.15) is 5.26 Å². The number of aromatic hydroxyl groups is 1. The number of Topliss-reactive ketones (excluding diaryl/α,β-unsaturated/α-hetero) is 1. The molecule has 0 bridgehead atoms. The van der Waals surface area contributed by atoms with E-state index >= 15 is 0 Å². The number of carbonyl (C=O) groups excluding carboxylic acids is 1. The van der Waals surface area contributed by atoms with E-state index in [2.05, 4.69) is 4.98 Å². The Morgan fingerprint density at radius 1 is 1.35 bits per heavy atom. The van der Waals surface area contributed by atoms with Crippen molar-refractivity contribution in [3.8, 4) is 17.6 Å². The Labute approximate surface area is 154 Å². The zero-order chi connectivity index (χ0) is 19.3. The van der Waals surface area contributed by atoms with Crippen LogP contribution in [0.3, 0.4) is 0 Å². The molecule has 0 aliphatic carbocycles. The lowest BCUT2D eigenvalue weighted by Gasteiger charge is -2.12. The molecule has 8 heteroatoms. The Kier molecular flexibility index (Phi) is 6.15. The van der Waals surface area contributed by atoms with Crippen LogP contribution in [0.1, 0.15) is 40.2 Å². The van der Waals surface area contributed by atoms with Crippen LogP contribution < -0.4 is 4.74 Å². The molecule has 0 fully saturated rings. The number of pyridine rings is 1. The number of aliphatic carboxylic acids is 1. The van der Waals surface area contributed by atoms with Crippen molar-refractivity contribution in [1.29, 1.82) is 5.26 Å². The highest BCUT2D eigenvalue weighted by Gasteiger charge is 2.20. The van der Waals surface area contributed by atoms with E-state index in [1.807, 2.05) is 0 Å². The Bertz CT molecular complexity index is 905. The molecule has 0 aliphatic rings. The number of rotatable bonds is 7. The molecule has 26 heavy (non-hydrogen) atoms. The quantitative estimate of drug-likeness (QED) is 0.714. The molecule has 1 heterocycles. The van der Waals surface area contributed by atoms with Crippen molar-refractivity contribution < 1.29 is 24.5 Å². The summed E-state index contributed by atoms with van der Waals surface area (Å²) in [6.07, 6.45) is -0.568. The number of methoxy groups -OCH3 is 1. The van der Waals surface area contributed by atoms with Crippen molar-refractivity contribution >= 4 is 23.4 Å². The van der Waals surface area contributed by atoms with Gasteiger partial charge in [0.05, 0.1) is 19.1 Å². The fourth-order valence-corrected chi connectivity index (χ4v) is 2.62. The molecule has 0 spiro atoms. The number of aromatic nitrogens is 1. The number of nitrogens with zero attached hydrogens (tertiary/aromatic N) is 2. The highest BCUT2D eigenvalue weighted by atomic mass is 35.5. The maximum atomic E-state index is 12.2. The van der Waals surface area contributed by atoms with Crippen LogP contribution in [0.5, 0.6) is 11.5 Å². The number of ketones is 1. The second-order valence-electron chi connectivity index (χ2n) is 5.38. The van der Waals surface area contributed by atoms with E-state index in [1.165, 1.54) is 13.2 Å². The van der Waals surface area contributed by atoms with Gasteiger partial charge >= 0.3 is 5.97 Å². The van der Waals surface area contributed by atoms with Gasteiger partial charge in [0.15, 0.2) is 11.5 Å². The van der Waals surface area contributed by atoms with Gasteiger partial charge in [-0.05, 0) is 18.2 Å². The van der Waals surface area contributed by atoms with Crippen molar-refractivity contribution in [3.63, 3.8) is 0 Å². The molecule has 0 radical (unpaired) electrons. The predicted molar refractivity (Wildman–Crippen MR) is 92.6 cm³/mol. The summed E-state index contributed by atoms with van der Waals surface area (Å²) in [5, 5.41) is 28.4. The predicted octanol–water partition coefficient (Wildman–Crippen LogP) is 2.96. The number of carboxylic acids is 1. The first-order chi connectivity index (χ1) is 12.4. The van der Waals surface area contributed by atoms with Crippen LogP contribution in [0.4, 0.5) is 0 Å². The number of hydrogen-bond acceptors (Lipinski definition) is 6. The summed E-state index contributed by atoms with van der Waals surface area (Å²) < 4.78 is 5.26. The molecule has 0 saturated heterocycles. The summed E-state index contributed by atoms with van der Waals surface area (Å²) in [6.45, 7) is 0. The minimum Gasteiger partial charge on any atom is -0.504 e. The Morgan fingerprint density at radius 2 is 2.08 bits per heavy atom. The lowest BCUT2D eigenvalue weighted by molar-refractivity contribution is -0.136. The lowest BCUT2D eigenvalue weighted by atomic mass is 10.0. The van der Waals surface area contributed by atoms with Gasteiger partial charge in [0, 0.05) is 29.1 Å². The van der Waals surface area contributed by atoms with E-state index in [0.29, 0.717) is 22.0 Å². The number of hydrogen-bond donors (Lipinski definition) is 2. The van der Waals surface area contributed by atoms with E-state index in [9.17, 15) is 20.0 Å². The van der Waals surface area contributed by atoms with Crippen molar-refractivity contribution in [2.24, 2.45) is 0 Å². The topological polar surface area (TPSA) is 121 Å². The smallest absolute Gasteiger partial charge is 0.303 e. The summed E-state index contributed by atoms with van der Waals surface area (Å²) in [4.78, 5) is 26.9. The van der Waals surface area contributed by atoms with Gasteiger partial charge in [-0.15, -0.1) is 0 Å². The molecule has 2 N–H and O–H groups in total. The number of nitriles is 1. The minimum absolute atomic E-state index is 0.125. The average Bonchev–Trinajstić information content (AvgIpc) is 2.62. The van der Waals surface area contributed by atoms with E-state index in [4.69, 9.17) is 21.4 Å². The second kappa shape index (κ2) is 8.32. The van der Waals surface area contributed by atoms with Crippen molar-refractivity contribution in [3.05, 3.63) is 51.8 Å². The van der Waals surface area contributed by atoms with Crippen LogP contribution in [-0.4, -0.2) is 34.1 Å². The average molecular weight is 375 g/mol. The van der Waals surface area contributed by atoms with Gasteiger partial charge in [-0.1, -0.05) is 17.7 Å². The summed E-state index contributed by atoms with van der Waals surface area (Å²) in [6, 6.07) is 8.26. The molecule has 0 amide bonds. The molecule has 1 aromatic carbocycles. The minimum atomic E-state index is -1.14. The van der Waals surface area contributed by atoms with Gasteiger partial charge in [0.2, 0.25) is 0 Å². The molecule has 7 nitrogen and oxygen atoms in total. The summed E-state index contributed by atoms with van der Waals surface area (Å²) in [5.74, 6) is -1.84. The Balaban J connectivity index is 2.45. The first kappa shape index (κ1) is 19.2. The third kappa shape index (κ3) is 4.29. The molecule has 0 atom stereocenters. The van der Waals surface area contributed by atoms with Gasteiger partial charge in [-0.25, -0.2) is 4.98 Å². The van der Waals surface area contributed by atoms with Crippen LogP contribution in [-0.2, 0) is 11.2 Å². The van der Waals surface area contributed by atoms with E-state index in [0.717, 1.165) is 0 Å². The monoisotopic (exact) mass is 374 g/mol. The molecule has 134 valence electrons. The van der Waals surface area contributed by atoms with Crippen LogP contribution >= 0.6 is 11.6 Å². The summed E-state index contributed by atoms with van der Waals surface area (Å²) in [5.41, 5.74) is 0.484. The lowest BCUT2D eigenvalue weighted by Crippen LogP contribution is -2.09. The van der Waals surface area contributed by atoms with E-state index in [-0.39, 0.29) is 24.1 Å². The third-order valence-electron chi connectivity index (χ3n) is 3.65. The first-order valence-corrected chi connectivity index (χ1v) is 7.94. The molecular formula is C18H15ClN2O5. The van der Waals surface area contributed by atoms with E-state index in [1.54, 1.807) is 24.3 Å². The van der Waals surface area contributed by atoms with Crippen molar-refractivity contribution in [2.45, 2.75) is 19.3 Å². The highest BCUT2D eigenvalue weighted by Crippen LogP contribution is 2.30. The largest absolute Gasteiger partial charge is 0.504 e. The standard InChI is InChI=1S/C18H15ClN2O5/c1-26-15-4-2-3-13(19)12(15)8-11-7-10(9-20)18(25)17(21-11)14(22)5-6-16(23)24/h2-4,7,25H,5-6,8H2,1H3,(H,23,24). The highest BCUT2D eigenvalue weighted by molar-refractivity contribution is 6.31. The van der Waals surface area contributed by atoms with Gasteiger partial charge < -0.3 is 14.9 Å². The van der Waals surface area contributed by atoms with Crippen molar-refractivity contribution in [2.75, 3.05) is 7.11 Å². The maximum absolute atomic E-state index is 12.2. The van der Waals surface area contributed by atoms with Crippen LogP contribution in [0.25, 0.3) is 0 Å². The normalized spacial score (nSPS) is 10.2. The fourth-order valence-electron chi connectivity index (χ4n) is 2.38. The van der Waals surface area contributed by atoms with Crippen molar-refractivity contribution in [1.82, 2.24) is 4.98 Å². The molecule has 2 aromatic rings. The maximum Gasteiger partial charge on any atom is 0.303 e. The molecule has 0 aliphatic heterocycles. The molecular weight excluding hydrogens is 360 g/mol. The zero-order valence-electron chi connectivity index (χ0n) is 13.8. The third-order valence-corrected chi connectivity index (χ3v) is 4.00. The summed E-state index contributed by atoms with van der Waals surface area (Å²) >= 11 is 6.20. The van der Waals surface area contributed by atoms with E-state index < -0.39 is 23.9 Å². The zero-order valence-corrected chi connectivity index (χ0v) is 14.6.